The molecule has 0 radical (unpaired) electrons. The van der Waals surface area contributed by atoms with Crippen LogP contribution in [0.25, 0.3) is 0 Å². The molecule has 0 aliphatic rings. The normalized spacial score (nSPS) is 7.88. The molecule has 0 saturated heterocycles. The van der Waals surface area contributed by atoms with Crippen molar-refractivity contribution in [3.63, 3.8) is 0 Å². The van der Waals surface area contributed by atoms with E-state index in [-0.39, 0.29) is 13.2 Å². The van der Waals surface area contributed by atoms with Gasteiger partial charge in [-0.3, -0.25) is 0 Å². The lowest BCUT2D eigenvalue weighted by Gasteiger charge is -1.97. The summed E-state index contributed by atoms with van der Waals surface area (Å²) in [5.41, 5.74) is 0.928. The molecule has 0 spiro atoms. The van der Waals surface area contributed by atoms with Crippen molar-refractivity contribution in [1.82, 2.24) is 0 Å². The van der Waals surface area contributed by atoms with Gasteiger partial charge in [-0.15, -0.1) is 6.58 Å². The average Bonchev–Trinajstić information content (AvgIpc) is 2.35. The molecular weight excluding hydrogens is 208 g/mol. The Morgan fingerprint density at radius 2 is 1.62 bits per heavy atom. The Morgan fingerprint density at radius 1 is 1.12 bits per heavy atom. The van der Waals surface area contributed by atoms with E-state index in [9.17, 15) is 5.11 Å². The van der Waals surface area contributed by atoms with E-state index in [1.165, 1.54) is 0 Å². The van der Waals surface area contributed by atoms with Crippen molar-refractivity contribution >= 4 is 6.79 Å². The Morgan fingerprint density at radius 3 is 2.00 bits per heavy atom. The number of aliphatic hydroxyl groups is 2. The monoisotopic (exact) mass is 226 g/mol. The molecule has 1 aromatic rings. The van der Waals surface area contributed by atoms with Crippen molar-refractivity contribution < 1.29 is 20.1 Å². The van der Waals surface area contributed by atoms with Gasteiger partial charge in [-0.2, -0.15) is 0 Å². The average molecular weight is 226 g/mol. The van der Waals surface area contributed by atoms with Gasteiger partial charge in [0.15, 0.2) is 0 Å². The fourth-order valence-corrected chi connectivity index (χ4v) is 0.839. The van der Waals surface area contributed by atoms with Crippen LogP contribution in [0.1, 0.15) is 5.56 Å². The number of rotatable bonds is 3. The highest BCUT2D eigenvalue weighted by molar-refractivity contribution is 5.32. The molecule has 4 heteroatoms. The molecule has 0 amide bonds. The van der Waals surface area contributed by atoms with Gasteiger partial charge in [-0.05, 0) is 18.1 Å². The van der Waals surface area contributed by atoms with Crippen LogP contribution in [0.5, 0.6) is 5.75 Å². The van der Waals surface area contributed by atoms with Crippen LogP contribution in [0.3, 0.4) is 0 Å². The summed E-state index contributed by atoms with van der Waals surface area (Å²) < 4.78 is 0. The molecule has 1 rings (SSSR count). The highest BCUT2D eigenvalue weighted by Crippen LogP contribution is 2.15. The third kappa shape index (κ3) is 8.93. The van der Waals surface area contributed by atoms with Crippen LogP contribution in [0, 0.1) is 0 Å². The number of carbonyl (C=O) groups excluding carboxylic acids is 1. The Hall–Kier alpha value is -1.65. The molecule has 0 saturated carbocycles. The number of aromatic hydroxyl groups is 1. The molecule has 4 nitrogen and oxygen atoms in total. The molecule has 0 atom stereocenters. The topological polar surface area (TPSA) is 77.8 Å². The van der Waals surface area contributed by atoms with Gasteiger partial charge in [0.05, 0.1) is 13.2 Å². The number of aliphatic hydroxyl groups excluding tert-OH is 2. The molecule has 0 aliphatic heterocycles. The molecule has 0 heterocycles. The second-order valence-electron chi connectivity index (χ2n) is 2.57. The molecule has 0 bridgehead atoms. The Labute approximate surface area is 95.5 Å². The lowest BCUT2D eigenvalue weighted by Crippen LogP contribution is -1.85. The number of carbonyl (C=O) groups is 1. The fraction of sp³-hybridized carbons (Fsp3) is 0.250. The molecule has 0 aromatic heterocycles. The number of para-hydroxylation sites is 1. The van der Waals surface area contributed by atoms with E-state index < -0.39 is 0 Å². The summed E-state index contributed by atoms with van der Waals surface area (Å²) in [5.74, 6) is 0.349. The number of hydrogen-bond acceptors (Lipinski definition) is 4. The van der Waals surface area contributed by atoms with Crippen LogP contribution in [0.2, 0.25) is 0 Å². The van der Waals surface area contributed by atoms with E-state index >= 15 is 0 Å². The van der Waals surface area contributed by atoms with E-state index in [0.29, 0.717) is 5.75 Å². The maximum absolute atomic E-state index is 9.19. The molecule has 1 aromatic carbocycles. The standard InChI is InChI=1S/C9H10O.C2H6O2.CH2O/c1-2-5-8-6-3-4-7-9(8)10;3-1-2-4;1-2/h2-4,6-7,10H,1,5H2;3-4H,1-2H2;1H2. The van der Waals surface area contributed by atoms with E-state index in [1.54, 1.807) is 12.1 Å². The summed E-state index contributed by atoms with van der Waals surface area (Å²) in [4.78, 5) is 8.00. The van der Waals surface area contributed by atoms with E-state index in [0.717, 1.165) is 12.0 Å². The van der Waals surface area contributed by atoms with E-state index in [1.807, 2.05) is 25.0 Å². The predicted octanol–water partition coefficient (Wildman–Crippen LogP) is 0.907. The molecule has 90 valence electrons. The second kappa shape index (κ2) is 13.4. The number of phenols is 1. The molecule has 0 unspecified atom stereocenters. The predicted molar refractivity (Wildman–Crippen MR) is 63.3 cm³/mol. The van der Waals surface area contributed by atoms with Crippen LogP contribution >= 0.6 is 0 Å². The first kappa shape index (κ1) is 16.8. The molecule has 0 fully saturated rings. The van der Waals surface area contributed by atoms with Gasteiger partial charge >= 0.3 is 0 Å². The molecular formula is C12H18O4. The summed E-state index contributed by atoms with van der Waals surface area (Å²) in [6.07, 6.45) is 2.50. The maximum atomic E-state index is 9.19. The smallest absolute Gasteiger partial charge is 0.119 e. The summed E-state index contributed by atoms with van der Waals surface area (Å²) in [7, 11) is 0. The van der Waals surface area contributed by atoms with E-state index in [2.05, 4.69) is 6.58 Å². The first-order valence-electron chi connectivity index (χ1n) is 4.64. The first-order valence-corrected chi connectivity index (χ1v) is 4.64. The van der Waals surface area contributed by atoms with Gasteiger partial charge in [0, 0.05) is 0 Å². The van der Waals surface area contributed by atoms with Crippen LogP contribution < -0.4 is 0 Å². The number of allylic oxidation sites excluding steroid dienone is 1. The van der Waals surface area contributed by atoms with Gasteiger partial charge in [0.25, 0.3) is 0 Å². The lowest BCUT2D eigenvalue weighted by molar-refractivity contribution is -0.0979. The van der Waals surface area contributed by atoms with Gasteiger partial charge in [0.2, 0.25) is 0 Å². The number of benzene rings is 1. The molecule has 3 N–H and O–H groups in total. The maximum Gasteiger partial charge on any atom is 0.119 e. The zero-order valence-corrected chi connectivity index (χ0v) is 9.17. The van der Waals surface area contributed by atoms with E-state index in [4.69, 9.17) is 15.0 Å². The highest BCUT2D eigenvalue weighted by atomic mass is 16.3. The van der Waals surface area contributed by atoms with Crippen molar-refractivity contribution in [3.05, 3.63) is 42.5 Å². The van der Waals surface area contributed by atoms with Crippen LogP contribution in [0.4, 0.5) is 0 Å². The quantitative estimate of drug-likeness (QED) is 0.669. The summed E-state index contributed by atoms with van der Waals surface area (Å²) in [6.45, 7) is 5.34. The third-order valence-electron chi connectivity index (χ3n) is 1.46. The van der Waals surface area contributed by atoms with Gasteiger partial charge in [-0.1, -0.05) is 24.3 Å². The number of phenolic OH excluding ortho intramolecular Hbond substituents is 1. The summed E-state index contributed by atoms with van der Waals surface area (Å²) in [5, 5.41) is 24.4. The van der Waals surface area contributed by atoms with Crippen molar-refractivity contribution in [2.24, 2.45) is 0 Å². The minimum atomic E-state index is -0.125. The first-order chi connectivity index (χ1) is 7.76. The van der Waals surface area contributed by atoms with Gasteiger partial charge in [0.1, 0.15) is 12.5 Å². The van der Waals surface area contributed by atoms with Gasteiger partial charge in [-0.25, -0.2) is 0 Å². The zero-order valence-electron chi connectivity index (χ0n) is 9.17. The van der Waals surface area contributed by atoms with Crippen LogP contribution in [-0.4, -0.2) is 35.3 Å². The largest absolute Gasteiger partial charge is 0.508 e. The minimum Gasteiger partial charge on any atom is -0.508 e. The summed E-state index contributed by atoms with van der Waals surface area (Å²) >= 11 is 0. The highest BCUT2D eigenvalue weighted by Gasteiger charge is 1.93. The van der Waals surface area contributed by atoms with Crippen molar-refractivity contribution in [2.75, 3.05) is 13.2 Å². The SMILES string of the molecule is C=CCc1ccccc1O.C=O.OCCO. The second-order valence-corrected chi connectivity index (χ2v) is 2.57. The third-order valence-corrected chi connectivity index (χ3v) is 1.46. The minimum absolute atomic E-state index is 0.125. The fourth-order valence-electron chi connectivity index (χ4n) is 0.839. The summed E-state index contributed by atoms with van der Waals surface area (Å²) in [6, 6.07) is 7.27. The molecule has 16 heavy (non-hydrogen) atoms. The van der Waals surface area contributed by atoms with Crippen molar-refractivity contribution in [1.29, 1.82) is 0 Å². The van der Waals surface area contributed by atoms with Crippen LogP contribution in [-0.2, 0) is 11.2 Å². The zero-order chi connectivity index (χ0) is 12.8. The van der Waals surface area contributed by atoms with Crippen molar-refractivity contribution in [3.8, 4) is 5.75 Å². The van der Waals surface area contributed by atoms with Crippen molar-refractivity contribution in [2.45, 2.75) is 6.42 Å². The van der Waals surface area contributed by atoms with Gasteiger partial charge < -0.3 is 20.1 Å². The Balaban J connectivity index is 0. The lowest BCUT2D eigenvalue weighted by atomic mass is 10.1. The molecule has 0 aliphatic carbocycles. The number of hydrogen-bond donors (Lipinski definition) is 3. The Kier molecular flexibility index (Phi) is 14.0. The Bertz CT molecular complexity index is 271. The van der Waals surface area contributed by atoms with Crippen LogP contribution in [0.15, 0.2) is 36.9 Å².